The largest absolute Gasteiger partial charge is 0.497 e. The molecule has 0 saturated carbocycles. The number of ether oxygens (including phenoxy) is 3. The number of carbonyl (C=O) groups is 1. The molecule has 0 bridgehead atoms. The van der Waals surface area contributed by atoms with Crippen molar-refractivity contribution in [1.82, 2.24) is 10.2 Å². The van der Waals surface area contributed by atoms with Crippen molar-refractivity contribution in [2.75, 3.05) is 47.5 Å². The van der Waals surface area contributed by atoms with E-state index < -0.39 is 0 Å². The molecule has 1 aliphatic rings. The SMILES string of the molecule is CCOC(=O)C1CCN(C(=NC)NCCc2cc(OC)ccc2OC)CC1.I. The fraction of sp³-hybridized carbons (Fsp3) is 0.600. The summed E-state index contributed by atoms with van der Waals surface area (Å²) in [6.07, 6.45) is 2.38. The molecule has 0 radical (unpaired) electrons. The second-order valence-corrected chi connectivity index (χ2v) is 6.42. The molecule has 1 saturated heterocycles. The van der Waals surface area contributed by atoms with Crippen LogP contribution in [0, 0.1) is 5.92 Å². The van der Waals surface area contributed by atoms with E-state index in [4.69, 9.17) is 14.2 Å². The fourth-order valence-corrected chi connectivity index (χ4v) is 3.31. The summed E-state index contributed by atoms with van der Waals surface area (Å²) in [6.45, 7) is 4.61. The molecule has 0 spiro atoms. The number of halogens is 1. The first-order valence-electron chi connectivity index (χ1n) is 9.46. The van der Waals surface area contributed by atoms with Crippen LogP contribution in [0.4, 0.5) is 0 Å². The van der Waals surface area contributed by atoms with Gasteiger partial charge in [0.05, 0.1) is 26.7 Å². The van der Waals surface area contributed by atoms with Gasteiger partial charge in [0.15, 0.2) is 5.96 Å². The first kappa shape index (κ1) is 24.3. The highest BCUT2D eigenvalue weighted by molar-refractivity contribution is 14.0. The molecule has 1 aromatic carbocycles. The Kier molecular flexibility index (Phi) is 11.0. The van der Waals surface area contributed by atoms with E-state index >= 15 is 0 Å². The van der Waals surface area contributed by atoms with Gasteiger partial charge in [-0.1, -0.05) is 0 Å². The lowest BCUT2D eigenvalue weighted by Crippen LogP contribution is -2.47. The van der Waals surface area contributed by atoms with Gasteiger partial charge in [-0.05, 0) is 49.9 Å². The molecule has 1 fully saturated rings. The minimum absolute atomic E-state index is 0. The van der Waals surface area contributed by atoms with E-state index in [-0.39, 0.29) is 35.9 Å². The fourth-order valence-electron chi connectivity index (χ4n) is 3.31. The average molecular weight is 505 g/mol. The number of hydrogen-bond donors (Lipinski definition) is 1. The van der Waals surface area contributed by atoms with Gasteiger partial charge in [-0.15, -0.1) is 24.0 Å². The van der Waals surface area contributed by atoms with Crippen molar-refractivity contribution in [3.63, 3.8) is 0 Å². The smallest absolute Gasteiger partial charge is 0.309 e. The molecule has 0 aromatic heterocycles. The number of esters is 1. The molecular weight excluding hydrogens is 473 g/mol. The molecule has 1 heterocycles. The third kappa shape index (κ3) is 6.72. The maximum Gasteiger partial charge on any atom is 0.309 e. The number of piperidine rings is 1. The van der Waals surface area contributed by atoms with Crippen molar-refractivity contribution in [1.29, 1.82) is 0 Å². The van der Waals surface area contributed by atoms with Crippen molar-refractivity contribution in [3.05, 3.63) is 23.8 Å². The molecule has 1 N–H and O–H groups in total. The Labute approximate surface area is 184 Å². The minimum atomic E-state index is -0.0785. The summed E-state index contributed by atoms with van der Waals surface area (Å²) in [7, 11) is 5.11. The van der Waals surface area contributed by atoms with E-state index in [0.717, 1.165) is 61.9 Å². The Balaban J connectivity index is 0.00000392. The number of nitrogens with zero attached hydrogens (tertiary/aromatic N) is 2. The third-order valence-corrected chi connectivity index (χ3v) is 4.79. The summed E-state index contributed by atoms with van der Waals surface area (Å²) in [5, 5.41) is 3.41. The predicted octanol–water partition coefficient (Wildman–Crippen LogP) is 2.71. The van der Waals surface area contributed by atoms with Gasteiger partial charge in [-0.3, -0.25) is 9.79 Å². The first-order chi connectivity index (χ1) is 13.1. The zero-order valence-electron chi connectivity index (χ0n) is 17.2. The lowest BCUT2D eigenvalue weighted by atomic mass is 9.97. The minimum Gasteiger partial charge on any atom is -0.497 e. The maximum atomic E-state index is 11.9. The van der Waals surface area contributed by atoms with Crippen LogP contribution in [0.5, 0.6) is 11.5 Å². The molecule has 0 unspecified atom stereocenters. The number of likely N-dealkylation sites (tertiary alicyclic amines) is 1. The molecule has 7 nitrogen and oxygen atoms in total. The molecule has 0 atom stereocenters. The van der Waals surface area contributed by atoms with E-state index in [1.807, 2.05) is 25.1 Å². The molecular formula is C20H32IN3O4. The topological polar surface area (TPSA) is 72.4 Å². The van der Waals surface area contributed by atoms with Crippen LogP contribution in [0.25, 0.3) is 0 Å². The Morgan fingerprint density at radius 2 is 1.96 bits per heavy atom. The van der Waals surface area contributed by atoms with Crippen LogP contribution in [0.2, 0.25) is 0 Å². The Morgan fingerprint density at radius 3 is 2.54 bits per heavy atom. The van der Waals surface area contributed by atoms with Gasteiger partial charge in [0.2, 0.25) is 0 Å². The van der Waals surface area contributed by atoms with E-state index in [2.05, 4.69) is 15.2 Å². The van der Waals surface area contributed by atoms with Crippen LogP contribution in [0.1, 0.15) is 25.3 Å². The van der Waals surface area contributed by atoms with Crippen LogP contribution in [0.3, 0.4) is 0 Å². The molecule has 0 amide bonds. The summed E-state index contributed by atoms with van der Waals surface area (Å²) in [6, 6.07) is 5.81. The quantitative estimate of drug-likeness (QED) is 0.266. The Bertz CT molecular complexity index is 646. The van der Waals surface area contributed by atoms with E-state index in [1.54, 1.807) is 21.3 Å². The van der Waals surface area contributed by atoms with Crippen molar-refractivity contribution in [2.24, 2.45) is 10.9 Å². The molecule has 2 rings (SSSR count). The second kappa shape index (κ2) is 12.7. The highest BCUT2D eigenvalue weighted by Gasteiger charge is 2.27. The molecule has 28 heavy (non-hydrogen) atoms. The number of rotatable bonds is 7. The Morgan fingerprint density at radius 1 is 1.25 bits per heavy atom. The zero-order valence-corrected chi connectivity index (χ0v) is 19.5. The first-order valence-corrected chi connectivity index (χ1v) is 9.46. The standard InChI is InChI=1S/C20H31N3O4.HI/c1-5-27-19(24)15-9-12-23(13-10-15)20(21-2)22-11-8-16-14-17(25-3)6-7-18(16)26-4;/h6-7,14-15H,5,8-13H2,1-4H3,(H,21,22);1H. The monoisotopic (exact) mass is 505 g/mol. The van der Waals surface area contributed by atoms with Gasteiger partial charge in [-0.2, -0.15) is 0 Å². The highest BCUT2D eigenvalue weighted by atomic mass is 127. The third-order valence-electron chi connectivity index (χ3n) is 4.79. The number of benzene rings is 1. The summed E-state index contributed by atoms with van der Waals surface area (Å²) in [5.74, 6) is 2.45. The van der Waals surface area contributed by atoms with Crippen molar-refractivity contribution < 1.29 is 19.0 Å². The lowest BCUT2D eigenvalue weighted by Gasteiger charge is -2.33. The highest BCUT2D eigenvalue weighted by Crippen LogP contribution is 2.24. The summed E-state index contributed by atoms with van der Waals surface area (Å²) in [5.41, 5.74) is 1.08. The van der Waals surface area contributed by atoms with Crippen LogP contribution in [-0.2, 0) is 16.0 Å². The number of nitrogens with one attached hydrogen (secondary N) is 1. The van der Waals surface area contributed by atoms with Crippen LogP contribution >= 0.6 is 24.0 Å². The molecule has 0 aliphatic carbocycles. The van der Waals surface area contributed by atoms with Gasteiger partial charge in [-0.25, -0.2) is 0 Å². The molecule has 1 aliphatic heterocycles. The summed E-state index contributed by atoms with van der Waals surface area (Å²) < 4.78 is 15.9. The van der Waals surface area contributed by atoms with E-state index in [1.165, 1.54) is 0 Å². The number of carbonyl (C=O) groups excluding carboxylic acids is 1. The molecule has 8 heteroatoms. The summed E-state index contributed by atoms with van der Waals surface area (Å²) in [4.78, 5) is 18.5. The van der Waals surface area contributed by atoms with E-state index in [0.29, 0.717) is 6.61 Å². The normalized spacial score (nSPS) is 14.9. The number of methoxy groups -OCH3 is 2. The maximum absolute atomic E-state index is 11.9. The van der Waals surface area contributed by atoms with Crippen molar-refractivity contribution in [3.8, 4) is 11.5 Å². The van der Waals surface area contributed by atoms with Gasteiger partial charge < -0.3 is 24.4 Å². The van der Waals surface area contributed by atoms with E-state index in [9.17, 15) is 4.79 Å². The van der Waals surface area contributed by atoms with Crippen molar-refractivity contribution in [2.45, 2.75) is 26.2 Å². The number of guanidine groups is 1. The van der Waals surface area contributed by atoms with Gasteiger partial charge in [0.25, 0.3) is 0 Å². The van der Waals surface area contributed by atoms with Gasteiger partial charge >= 0.3 is 5.97 Å². The Hall–Kier alpha value is -1.71. The average Bonchev–Trinajstić information content (AvgIpc) is 2.71. The van der Waals surface area contributed by atoms with Gasteiger partial charge in [0, 0.05) is 26.7 Å². The number of aliphatic imine (C=N–C) groups is 1. The lowest BCUT2D eigenvalue weighted by molar-refractivity contribution is -0.149. The molecule has 158 valence electrons. The summed E-state index contributed by atoms with van der Waals surface area (Å²) >= 11 is 0. The van der Waals surface area contributed by atoms with Crippen molar-refractivity contribution >= 4 is 35.9 Å². The zero-order chi connectivity index (χ0) is 19.6. The second-order valence-electron chi connectivity index (χ2n) is 6.42. The van der Waals surface area contributed by atoms with Crippen LogP contribution in [0.15, 0.2) is 23.2 Å². The van der Waals surface area contributed by atoms with Crippen LogP contribution < -0.4 is 14.8 Å². The predicted molar refractivity (Wildman–Crippen MR) is 121 cm³/mol. The number of hydrogen-bond acceptors (Lipinski definition) is 5. The van der Waals surface area contributed by atoms with Gasteiger partial charge in [0.1, 0.15) is 11.5 Å². The molecule has 1 aromatic rings. The van der Waals surface area contributed by atoms with Crippen LogP contribution in [-0.4, -0.2) is 64.3 Å².